The predicted molar refractivity (Wildman–Crippen MR) is 83.6 cm³/mol. The normalized spacial score (nSPS) is 22.0. The van der Waals surface area contributed by atoms with Gasteiger partial charge < -0.3 is 10.1 Å². The van der Waals surface area contributed by atoms with Gasteiger partial charge in [-0.1, -0.05) is 35.3 Å². The van der Waals surface area contributed by atoms with E-state index in [0.717, 1.165) is 0 Å². The van der Waals surface area contributed by atoms with Gasteiger partial charge in [0.25, 0.3) is 0 Å². The number of carbonyl (C=O) groups excluding carboxylic acids is 1. The Morgan fingerprint density at radius 1 is 1.45 bits per heavy atom. The number of aliphatic imine (C=N–C) groups is 1. The number of nitrogens with zero attached hydrogens (tertiary/aromatic N) is 1. The van der Waals surface area contributed by atoms with Crippen LogP contribution >= 0.6 is 35.4 Å². The number of rotatable bonds is 2. The first-order chi connectivity index (χ1) is 9.45. The van der Waals surface area contributed by atoms with Crippen LogP contribution in [-0.2, 0) is 9.53 Å². The monoisotopic (exact) mass is 330 g/mol. The molecule has 0 bridgehead atoms. The van der Waals surface area contributed by atoms with Gasteiger partial charge in [-0.3, -0.25) is 4.79 Å². The Labute approximate surface area is 132 Å². The molecule has 2 rings (SSSR count). The van der Waals surface area contributed by atoms with Crippen LogP contribution in [0.15, 0.2) is 23.2 Å². The van der Waals surface area contributed by atoms with Gasteiger partial charge in [-0.15, -0.1) is 0 Å². The predicted octanol–water partition coefficient (Wildman–Crippen LogP) is 3.17. The molecule has 0 aliphatic carbocycles. The Morgan fingerprint density at radius 3 is 2.80 bits per heavy atom. The zero-order valence-corrected chi connectivity index (χ0v) is 13.1. The molecule has 106 valence electrons. The minimum absolute atomic E-state index is 0.309. The van der Waals surface area contributed by atoms with Gasteiger partial charge in [0.1, 0.15) is 5.92 Å². The number of benzene rings is 1. The molecule has 0 radical (unpaired) electrons. The van der Waals surface area contributed by atoms with Gasteiger partial charge in [0, 0.05) is 5.71 Å². The maximum atomic E-state index is 12.0. The summed E-state index contributed by atoms with van der Waals surface area (Å²) in [5.74, 6) is -0.995. The van der Waals surface area contributed by atoms with Crippen molar-refractivity contribution in [3.8, 4) is 0 Å². The third kappa shape index (κ3) is 2.80. The molecular weight excluding hydrogens is 319 g/mol. The fourth-order valence-corrected chi connectivity index (χ4v) is 2.87. The van der Waals surface area contributed by atoms with Gasteiger partial charge in [0.2, 0.25) is 0 Å². The van der Waals surface area contributed by atoms with Gasteiger partial charge in [-0.05, 0) is 30.8 Å². The number of nitrogens with one attached hydrogen (secondary N) is 1. The van der Waals surface area contributed by atoms with E-state index in [-0.39, 0.29) is 0 Å². The molecule has 20 heavy (non-hydrogen) atoms. The smallest absolute Gasteiger partial charge is 0.316 e. The van der Waals surface area contributed by atoms with Crippen LogP contribution in [0, 0.1) is 5.92 Å². The number of methoxy groups -OCH3 is 1. The van der Waals surface area contributed by atoms with Crippen molar-refractivity contribution in [2.45, 2.75) is 13.0 Å². The molecule has 1 aromatic carbocycles. The zero-order chi connectivity index (χ0) is 14.9. The third-order valence-corrected chi connectivity index (χ3v) is 4.15. The molecule has 0 saturated carbocycles. The van der Waals surface area contributed by atoms with E-state index in [4.69, 9.17) is 40.2 Å². The van der Waals surface area contributed by atoms with Crippen molar-refractivity contribution in [1.82, 2.24) is 5.32 Å². The van der Waals surface area contributed by atoms with E-state index in [1.165, 1.54) is 7.11 Å². The SMILES string of the molecule is COC(=O)C1C(C)=NC(=S)NC1c1cccc(Cl)c1Cl. The number of hydrogen-bond donors (Lipinski definition) is 1. The molecular formula is C13H12Cl2N2O2S. The first kappa shape index (κ1) is 15.2. The van der Waals surface area contributed by atoms with Crippen molar-refractivity contribution in [2.24, 2.45) is 10.9 Å². The Hall–Kier alpha value is -1.17. The summed E-state index contributed by atoms with van der Waals surface area (Å²) >= 11 is 17.3. The second kappa shape index (κ2) is 6.08. The molecule has 0 aromatic heterocycles. The molecule has 1 aliphatic heterocycles. The van der Waals surface area contributed by atoms with E-state index in [1.807, 2.05) is 0 Å². The highest BCUT2D eigenvalue weighted by Gasteiger charge is 2.37. The summed E-state index contributed by atoms with van der Waals surface area (Å²) in [5.41, 5.74) is 1.27. The topological polar surface area (TPSA) is 50.7 Å². The minimum atomic E-state index is -0.595. The van der Waals surface area contributed by atoms with E-state index in [0.29, 0.717) is 26.4 Å². The Bertz CT molecular complexity index is 604. The van der Waals surface area contributed by atoms with Crippen molar-refractivity contribution < 1.29 is 9.53 Å². The van der Waals surface area contributed by atoms with Gasteiger partial charge >= 0.3 is 5.97 Å². The molecule has 1 N–H and O–H groups in total. The second-order valence-corrected chi connectivity index (χ2v) is 5.50. The molecule has 1 heterocycles. The van der Waals surface area contributed by atoms with Gasteiger partial charge in [0.05, 0.1) is 23.2 Å². The van der Waals surface area contributed by atoms with E-state index < -0.39 is 17.9 Å². The van der Waals surface area contributed by atoms with Crippen molar-refractivity contribution in [2.75, 3.05) is 7.11 Å². The number of halogens is 2. The lowest BCUT2D eigenvalue weighted by molar-refractivity contribution is -0.143. The number of hydrogen-bond acceptors (Lipinski definition) is 3. The Kier molecular flexibility index (Phi) is 4.62. The lowest BCUT2D eigenvalue weighted by Gasteiger charge is -2.31. The summed E-state index contributed by atoms with van der Waals surface area (Å²) in [4.78, 5) is 16.1. The maximum absolute atomic E-state index is 12.0. The zero-order valence-electron chi connectivity index (χ0n) is 10.8. The fraction of sp³-hybridized carbons (Fsp3) is 0.308. The van der Waals surface area contributed by atoms with Crippen LogP contribution in [0.3, 0.4) is 0 Å². The van der Waals surface area contributed by atoms with Crippen LogP contribution in [0.5, 0.6) is 0 Å². The van der Waals surface area contributed by atoms with Gasteiger partial charge in [-0.2, -0.15) is 0 Å². The quantitative estimate of drug-likeness (QED) is 0.668. The van der Waals surface area contributed by atoms with E-state index >= 15 is 0 Å². The van der Waals surface area contributed by atoms with E-state index in [1.54, 1.807) is 25.1 Å². The fourth-order valence-electron chi connectivity index (χ4n) is 2.17. The minimum Gasteiger partial charge on any atom is -0.468 e. The molecule has 2 unspecified atom stereocenters. The first-order valence-electron chi connectivity index (χ1n) is 5.83. The summed E-state index contributed by atoms with van der Waals surface area (Å²) in [6.45, 7) is 1.74. The first-order valence-corrected chi connectivity index (χ1v) is 6.99. The van der Waals surface area contributed by atoms with Crippen LogP contribution in [0.1, 0.15) is 18.5 Å². The summed E-state index contributed by atoms with van der Waals surface area (Å²) in [5, 5.41) is 4.11. The second-order valence-electron chi connectivity index (χ2n) is 4.32. The van der Waals surface area contributed by atoms with Crippen LogP contribution in [0.25, 0.3) is 0 Å². The van der Waals surface area contributed by atoms with Gasteiger partial charge in [-0.25, -0.2) is 4.99 Å². The lowest BCUT2D eigenvalue weighted by Crippen LogP contribution is -2.44. The number of esters is 1. The van der Waals surface area contributed by atoms with E-state index in [9.17, 15) is 4.79 Å². The number of thiocarbonyl (C=S) groups is 1. The van der Waals surface area contributed by atoms with Crippen LogP contribution in [-0.4, -0.2) is 23.9 Å². The number of ether oxygens (including phenoxy) is 1. The molecule has 0 saturated heterocycles. The third-order valence-electron chi connectivity index (χ3n) is 3.11. The van der Waals surface area contributed by atoms with E-state index in [2.05, 4.69) is 10.3 Å². The number of carbonyl (C=O) groups is 1. The molecule has 7 heteroatoms. The molecule has 2 atom stereocenters. The molecule has 1 aromatic rings. The van der Waals surface area contributed by atoms with Crippen molar-refractivity contribution >= 4 is 52.2 Å². The van der Waals surface area contributed by atoms with Crippen LogP contribution in [0.4, 0.5) is 0 Å². The average molecular weight is 331 g/mol. The summed E-state index contributed by atoms with van der Waals surface area (Å²) in [7, 11) is 1.33. The lowest BCUT2D eigenvalue weighted by atomic mass is 9.88. The molecule has 1 aliphatic rings. The van der Waals surface area contributed by atoms with Crippen molar-refractivity contribution in [3.63, 3.8) is 0 Å². The standard InChI is InChI=1S/C13H12Cl2N2O2S/c1-6-9(12(18)19-2)11(17-13(20)16-6)7-4-3-5-8(14)10(7)15/h3-5,9,11H,1-2H3,(H,17,20). The highest BCUT2D eigenvalue weighted by molar-refractivity contribution is 7.80. The maximum Gasteiger partial charge on any atom is 0.316 e. The summed E-state index contributed by atoms with van der Waals surface area (Å²) < 4.78 is 4.84. The highest BCUT2D eigenvalue weighted by Crippen LogP contribution is 2.35. The van der Waals surface area contributed by atoms with Crippen LogP contribution in [0.2, 0.25) is 10.0 Å². The largest absolute Gasteiger partial charge is 0.468 e. The van der Waals surface area contributed by atoms with Gasteiger partial charge in [0.15, 0.2) is 5.11 Å². The Morgan fingerprint density at radius 2 is 2.15 bits per heavy atom. The van der Waals surface area contributed by atoms with Crippen molar-refractivity contribution in [1.29, 1.82) is 0 Å². The van der Waals surface area contributed by atoms with Crippen LogP contribution < -0.4 is 5.32 Å². The summed E-state index contributed by atoms with van der Waals surface area (Å²) in [6.07, 6.45) is 0. The Balaban J connectivity index is 2.52. The molecule has 0 amide bonds. The highest BCUT2D eigenvalue weighted by atomic mass is 35.5. The molecule has 0 fully saturated rings. The van der Waals surface area contributed by atoms with Crippen molar-refractivity contribution in [3.05, 3.63) is 33.8 Å². The summed E-state index contributed by atoms with van der Waals surface area (Å²) in [6, 6.07) is 4.80. The molecule has 0 spiro atoms. The average Bonchev–Trinajstić information content (AvgIpc) is 2.40. The molecule has 4 nitrogen and oxygen atoms in total.